The second-order valence-corrected chi connectivity index (χ2v) is 36.9. The largest absolute Gasteiger partial charge is 0.478 e. The number of aromatic carboxylic acids is 1. The Morgan fingerprint density at radius 3 is 1.08 bits per heavy atom. The van der Waals surface area contributed by atoms with Crippen LogP contribution in [0.25, 0.3) is 5.57 Å². The topological polar surface area (TPSA) is 71.4 Å². The minimum absolute atomic E-state index is 0. The zero-order chi connectivity index (χ0) is 74.5. The van der Waals surface area contributed by atoms with Crippen molar-refractivity contribution < 1.29 is 19.5 Å². The number of halogens is 5. The summed E-state index contributed by atoms with van der Waals surface area (Å²) in [5.74, 6) is -0.223. The summed E-state index contributed by atoms with van der Waals surface area (Å²) in [6.45, 7) is 47.8. The molecule has 9 aromatic rings. The summed E-state index contributed by atoms with van der Waals surface area (Å²) in [5.41, 5.74) is 26.2. The van der Waals surface area contributed by atoms with Crippen molar-refractivity contribution in [2.24, 2.45) is 0 Å². The van der Waals surface area contributed by atoms with Crippen molar-refractivity contribution in [2.75, 3.05) is 0 Å². The van der Waals surface area contributed by atoms with E-state index in [1.165, 1.54) is 107 Å². The normalized spacial score (nSPS) is 15.7. The van der Waals surface area contributed by atoms with E-state index in [1.54, 1.807) is 12.1 Å². The lowest BCUT2D eigenvalue weighted by molar-refractivity contribution is -0.191. The summed E-state index contributed by atoms with van der Waals surface area (Å²) >= 11 is 17.7. The molecule has 0 saturated carbocycles. The number of alkyl halides is 5. The molecule has 2 aliphatic rings. The molecule has 0 fully saturated rings. The maximum absolute atomic E-state index is 11.0. The van der Waals surface area contributed by atoms with Gasteiger partial charge >= 0.3 is 12.1 Å². The first-order chi connectivity index (χ1) is 46.1. The Morgan fingerprint density at radius 1 is 0.450 bits per heavy atom. The van der Waals surface area contributed by atoms with Gasteiger partial charge in [-0.05, 0) is 197 Å². The van der Waals surface area contributed by atoms with Gasteiger partial charge in [0, 0.05) is 34.5 Å². The molecule has 0 aliphatic heterocycles. The van der Waals surface area contributed by atoms with E-state index < -0.39 is 5.97 Å². The van der Waals surface area contributed by atoms with Crippen LogP contribution < -0.4 is 0 Å². The molecule has 1 N–H and O–H groups in total. The van der Waals surface area contributed by atoms with Gasteiger partial charge in [-0.15, -0.1) is 0 Å². The van der Waals surface area contributed by atoms with Crippen LogP contribution >= 0.6 is 79.6 Å². The van der Waals surface area contributed by atoms with Crippen molar-refractivity contribution >= 4 is 97.3 Å². The molecular formula is C91H111Br5O4. The molecular weight excluding hydrogens is 1560 g/mol. The van der Waals surface area contributed by atoms with E-state index in [2.05, 4.69) is 406 Å². The van der Waals surface area contributed by atoms with Gasteiger partial charge in [0.25, 0.3) is 0 Å². The maximum atomic E-state index is 11.0. The number of hydrogen-bond acceptors (Lipinski definition) is 3. The monoisotopic (exact) mass is 1660 g/mol. The zero-order valence-electron chi connectivity index (χ0n) is 62.4. The van der Waals surface area contributed by atoms with E-state index in [0.29, 0.717) is 11.5 Å². The molecule has 0 aromatic heterocycles. The number of fused-ring (bicyclic) bond motifs is 2. The molecule has 534 valence electrons. The average Bonchev–Trinajstić information content (AvgIpc) is 1.58. The molecule has 100 heavy (non-hydrogen) atoms. The van der Waals surface area contributed by atoms with Gasteiger partial charge in [0.05, 0.1) is 5.56 Å². The Labute approximate surface area is 645 Å². The molecule has 0 saturated heterocycles. The predicted octanol–water partition coefficient (Wildman–Crippen LogP) is 27.9. The summed E-state index contributed by atoms with van der Waals surface area (Å²) in [6, 6.07) is 74.9. The first kappa shape index (κ1) is 88.2. The molecule has 0 spiro atoms. The summed E-state index contributed by atoms with van der Waals surface area (Å²) in [5, 5.41) is 10.9. The van der Waals surface area contributed by atoms with Gasteiger partial charge in [0.2, 0.25) is 0 Å². The minimum Gasteiger partial charge on any atom is -0.478 e. The second kappa shape index (κ2) is 39.0. The van der Waals surface area contributed by atoms with Crippen molar-refractivity contribution in [1.82, 2.24) is 0 Å². The fourth-order valence-corrected chi connectivity index (χ4v) is 14.1. The maximum Gasteiger partial charge on any atom is 0.373 e. The van der Waals surface area contributed by atoms with Crippen LogP contribution in [0.3, 0.4) is 0 Å². The fourth-order valence-electron chi connectivity index (χ4n) is 12.5. The van der Waals surface area contributed by atoms with Gasteiger partial charge in [-0.25, -0.2) is 4.79 Å². The van der Waals surface area contributed by atoms with Gasteiger partial charge in [0.1, 0.15) is 0 Å². The third kappa shape index (κ3) is 26.3. The molecule has 2 aliphatic carbocycles. The first-order valence-corrected chi connectivity index (χ1v) is 38.5. The van der Waals surface area contributed by atoms with Crippen LogP contribution in [0.2, 0.25) is 0 Å². The number of aryl methyl sites for hydroxylation is 5. The van der Waals surface area contributed by atoms with Crippen molar-refractivity contribution in [3.63, 3.8) is 0 Å². The van der Waals surface area contributed by atoms with Gasteiger partial charge < -0.3 is 5.11 Å². The lowest BCUT2D eigenvalue weighted by Gasteiger charge is -2.28. The summed E-state index contributed by atoms with van der Waals surface area (Å²) in [4.78, 5) is 27.3. The molecule has 2 atom stereocenters. The van der Waals surface area contributed by atoms with E-state index in [4.69, 9.17) is 14.7 Å². The Balaban J connectivity index is 0.000000307. The Morgan fingerprint density at radius 2 is 0.740 bits per heavy atom. The number of carboxylic acid groups (broad SMARTS) is 1. The van der Waals surface area contributed by atoms with E-state index in [-0.39, 0.29) is 48.2 Å². The van der Waals surface area contributed by atoms with E-state index >= 15 is 0 Å². The average molecular weight is 1670 g/mol. The Hall–Kier alpha value is -6.03. The third-order valence-electron chi connectivity index (χ3n) is 18.4. The SMILES string of the molecule is C.C=C(C)c1ccc(C)cc1.CC(C)(Br)c1ccc(CBr)cc1.CC(C)(Br)c1ccc(CBr)cc1.CC1(C)CC(C)(c2ccc(C(=O)O)cc2)c2ccccc21.Cc1ccc(C(C)(C)Br)cc1.Cc1ccc(C(C)C)cc1.Cc1ccc(C2(C)CC(C)(C)c3ccc(C)cc32)cc1.O=C=O. The zero-order valence-corrected chi connectivity index (χ0v) is 70.3. The highest BCUT2D eigenvalue weighted by Crippen LogP contribution is 2.54. The van der Waals surface area contributed by atoms with E-state index in [1.807, 2.05) is 19.1 Å². The smallest absolute Gasteiger partial charge is 0.373 e. The lowest BCUT2D eigenvalue weighted by atomic mass is 9.75. The van der Waals surface area contributed by atoms with Crippen LogP contribution in [0.1, 0.15) is 241 Å². The quantitative estimate of drug-likeness (QED) is 0.139. The third-order valence-corrected chi connectivity index (χ3v) is 21.1. The first-order valence-electron chi connectivity index (χ1n) is 33.9. The Bertz CT molecular complexity index is 3950. The minimum atomic E-state index is -0.876. The van der Waals surface area contributed by atoms with Gasteiger partial charge in [-0.1, -0.05) is 383 Å². The van der Waals surface area contributed by atoms with Crippen LogP contribution in [0.15, 0.2) is 219 Å². The van der Waals surface area contributed by atoms with Crippen LogP contribution in [-0.2, 0) is 54.9 Å². The van der Waals surface area contributed by atoms with Crippen LogP contribution in [0.5, 0.6) is 0 Å². The molecule has 2 unspecified atom stereocenters. The van der Waals surface area contributed by atoms with Crippen LogP contribution in [-0.4, -0.2) is 17.2 Å². The highest BCUT2D eigenvalue weighted by molar-refractivity contribution is 9.10. The number of rotatable bonds is 10. The molecule has 11 rings (SSSR count). The number of carbonyl (C=O) groups excluding carboxylic acids is 2. The molecule has 9 aromatic carbocycles. The predicted molar refractivity (Wildman–Crippen MR) is 448 cm³/mol. The molecule has 0 amide bonds. The standard InChI is InChI=1S/C20H24.C19H20O2.2C10H12Br2.C10H13Br.C10H14.C10H12.CO2.CH4/c1-14-6-9-16(10-7-14)20(5)13-19(3,4)17-11-8-15(2)12-18(17)20;1-18(2)12-19(3,16-7-5-4-6-15(16)18)14-10-8-13(9-11-14)17(20)21;2*1-10(2,12)9-5-3-8(7-11)4-6-9;1-8-4-6-9(7-5-8)10(2,3)11;2*1-8(2)10-6-4-9(3)5-7-10;2-1-3;/h6-12H,13H2,1-5H3;4-11H,12H2,1-3H3,(H,20,21);2*3-6H,7H2,1-2H3;4-7H,1-3H3;4-8H,1-3H3;4-7H,1H2,2-3H3;;1H4. The number of benzene rings is 9. The molecule has 4 nitrogen and oxygen atoms in total. The highest BCUT2D eigenvalue weighted by atomic mass is 79.9. The molecule has 0 radical (unpaired) electrons. The number of hydrogen-bond donors (Lipinski definition) is 1. The van der Waals surface area contributed by atoms with E-state index in [9.17, 15) is 4.79 Å². The van der Waals surface area contributed by atoms with Gasteiger partial charge in [0.15, 0.2) is 0 Å². The van der Waals surface area contributed by atoms with Crippen molar-refractivity contribution in [3.8, 4) is 0 Å². The number of carboxylic acids is 1. The fraction of sp³-hybridized carbons (Fsp3) is 0.363. The summed E-state index contributed by atoms with van der Waals surface area (Å²) in [7, 11) is 0. The summed E-state index contributed by atoms with van der Waals surface area (Å²) < 4.78 is 0.260. The van der Waals surface area contributed by atoms with Gasteiger partial charge in [-0.3, -0.25) is 0 Å². The van der Waals surface area contributed by atoms with Crippen molar-refractivity contribution in [1.29, 1.82) is 0 Å². The number of carbonyl (C=O) groups is 1. The second-order valence-electron chi connectivity index (χ2n) is 29.9. The molecule has 0 heterocycles. The van der Waals surface area contributed by atoms with Crippen LogP contribution in [0.4, 0.5) is 0 Å². The Kier molecular flexibility index (Phi) is 34.4. The van der Waals surface area contributed by atoms with Crippen molar-refractivity contribution in [3.05, 3.63) is 325 Å². The van der Waals surface area contributed by atoms with E-state index in [0.717, 1.165) is 22.7 Å². The highest BCUT2D eigenvalue weighted by Gasteiger charge is 2.46. The van der Waals surface area contributed by atoms with Crippen molar-refractivity contribution in [2.45, 2.75) is 210 Å². The molecule has 0 bridgehead atoms. The molecule has 9 heteroatoms. The lowest BCUT2D eigenvalue weighted by Crippen LogP contribution is -2.23. The number of allylic oxidation sites excluding steroid dienone is 1. The summed E-state index contributed by atoms with van der Waals surface area (Å²) in [6.07, 6.45) is 2.47. The van der Waals surface area contributed by atoms with Gasteiger partial charge in [-0.2, -0.15) is 9.59 Å². The van der Waals surface area contributed by atoms with Crippen LogP contribution in [0, 0.1) is 34.6 Å².